The van der Waals surface area contributed by atoms with Gasteiger partial charge in [0, 0.05) is 34.4 Å². The van der Waals surface area contributed by atoms with Crippen molar-refractivity contribution in [2.24, 2.45) is 0 Å². The molecule has 0 amide bonds. The second-order valence-corrected chi connectivity index (χ2v) is 6.30. The molecule has 1 aromatic heterocycles. The van der Waals surface area contributed by atoms with E-state index in [1.54, 1.807) is 0 Å². The minimum atomic E-state index is 0.236. The normalized spacial score (nSPS) is 19.8. The molecule has 1 aliphatic heterocycles. The van der Waals surface area contributed by atoms with Gasteiger partial charge in [0.2, 0.25) is 0 Å². The first-order valence-corrected chi connectivity index (χ1v) is 8.02. The summed E-state index contributed by atoms with van der Waals surface area (Å²) in [7, 11) is 0. The zero-order chi connectivity index (χ0) is 14.7. The third-order valence-electron chi connectivity index (χ3n) is 3.58. The number of benzene rings is 1. The molecule has 21 heavy (non-hydrogen) atoms. The fraction of sp³-hybridized carbons (Fsp3) is 0.438. The molecular formula is C16H19BrN2O2. The third-order valence-corrected chi connectivity index (χ3v) is 4.07. The van der Waals surface area contributed by atoms with Crippen molar-refractivity contribution in [3.63, 3.8) is 0 Å². The zero-order valence-electron chi connectivity index (χ0n) is 12.0. The monoisotopic (exact) mass is 350 g/mol. The van der Waals surface area contributed by atoms with Crippen molar-refractivity contribution in [3.8, 4) is 0 Å². The van der Waals surface area contributed by atoms with Crippen molar-refractivity contribution in [2.45, 2.75) is 25.5 Å². The Morgan fingerprint density at radius 3 is 3.19 bits per heavy atom. The summed E-state index contributed by atoms with van der Waals surface area (Å²) in [6, 6.07) is 8.38. The first kappa shape index (κ1) is 14.8. The predicted molar refractivity (Wildman–Crippen MR) is 87.7 cm³/mol. The molecule has 1 aromatic carbocycles. The van der Waals surface area contributed by atoms with E-state index in [0.29, 0.717) is 6.61 Å². The first-order valence-electron chi connectivity index (χ1n) is 7.22. The van der Waals surface area contributed by atoms with E-state index >= 15 is 0 Å². The molecule has 0 saturated carbocycles. The average Bonchev–Trinajstić information content (AvgIpc) is 2.98. The Bertz CT molecular complexity index is 614. The molecule has 2 heterocycles. The fourth-order valence-electron chi connectivity index (χ4n) is 2.48. The van der Waals surface area contributed by atoms with Crippen LogP contribution in [0, 0.1) is 0 Å². The van der Waals surface area contributed by atoms with Crippen LogP contribution in [-0.4, -0.2) is 37.0 Å². The molecule has 1 fully saturated rings. The van der Waals surface area contributed by atoms with Crippen LogP contribution >= 0.6 is 15.9 Å². The summed E-state index contributed by atoms with van der Waals surface area (Å²) in [4.78, 5) is 4.40. The Labute approximate surface area is 133 Å². The number of pyridine rings is 1. The van der Waals surface area contributed by atoms with E-state index in [1.807, 2.05) is 24.4 Å². The van der Waals surface area contributed by atoms with Crippen LogP contribution in [0.15, 0.2) is 34.9 Å². The number of anilines is 1. The van der Waals surface area contributed by atoms with E-state index in [-0.39, 0.29) is 12.1 Å². The standard InChI is InChI=1S/C16H19BrN2O2/c1-11(9-21-13-5-7-20-10-13)19-15-4-6-18-16-8-12(17)2-3-14(15)16/h2-4,6,8,11,13H,5,7,9-10H2,1H3,(H,18,19). The maximum Gasteiger partial charge on any atom is 0.0831 e. The number of ether oxygens (including phenoxy) is 2. The quantitative estimate of drug-likeness (QED) is 0.894. The largest absolute Gasteiger partial charge is 0.380 e. The molecule has 0 bridgehead atoms. The van der Waals surface area contributed by atoms with Crippen LogP contribution in [-0.2, 0) is 9.47 Å². The SMILES string of the molecule is CC(COC1CCOC1)Nc1ccnc2cc(Br)ccc12. The fourth-order valence-corrected chi connectivity index (χ4v) is 2.83. The van der Waals surface area contributed by atoms with Gasteiger partial charge >= 0.3 is 0 Å². The molecule has 2 aromatic rings. The van der Waals surface area contributed by atoms with Gasteiger partial charge in [0.1, 0.15) is 0 Å². The molecule has 112 valence electrons. The summed E-state index contributed by atoms with van der Waals surface area (Å²) in [6.07, 6.45) is 3.08. The molecule has 1 aliphatic rings. The number of halogens is 1. The summed E-state index contributed by atoms with van der Waals surface area (Å²) < 4.78 is 12.2. The Kier molecular flexibility index (Phi) is 4.73. The summed E-state index contributed by atoms with van der Waals surface area (Å²) in [5.41, 5.74) is 2.07. The van der Waals surface area contributed by atoms with Crippen LogP contribution in [0.5, 0.6) is 0 Å². The van der Waals surface area contributed by atoms with Crippen LogP contribution in [0.2, 0.25) is 0 Å². The number of hydrogen-bond donors (Lipinski definition) is 1. The maximum atomic E-state index is 5.86. The number of rotatable bonds is 5. The molecule has 2 unspecified atom stereocenters. The van der Waals surface area contributed by atoms with Gasteiger partial charge in [-0.25, -0.2) is 0 Å². The van der Waals surface area contributed by atoms with Gasteiger partial charge in [0.15, 0.2) is 0 Å². The third kappa shape index (κ3) is 3.73. The lowest BCUT2D eigenvalue weighted by atomic mass is 10.1. The van der Waals surface area contributed by atoms with E-state index in [9.17, 15) is 0 Å². The summed E-state index contributed by atoms with van der Waals surface area (Å²) >= 11 is 3.48. The lowest BCUT2D eigenvalue weighted by Crippen LogP contribution is -2.26. The van der Waals surface area contributed by atoms with Crippen molar-refractivity contribution in [1.82, 2.24) is 4.98 Å². The first-order chi connectivity index (χ1) is 10.2. The van der Waals surface area contributed by atoms with Crippen LogP contribution < -0.4 is 5.32 Å². The summed E-state index contributed by atoms with van der Waals surface area (Å²) in [6.45, 7) is 4.34. The van der Waals surface area contributed by atoms with E-state index in [1.165, 1.54) is 0 Å². The molecule has 0 radical (unpaired) electrons. The maximum absolute atomic E-state index is 5.86. The smallest absolute Gasteiger partial charge is 0.0831 e. The number of nitrogens with zero attached hydrogens (tertiary/aromatic N) is 1. The van der Waals surface area contributed by atoms with E-state index in [0.717, 1.165) is 40.7 Å². The van der Waals surface area contributed by atoms with Crippen molar-refractivity contribution >= 4 is 32.5 Å². The molecule has 1 N–H and O–H groups in total. The molecule has 1 saturated heterocycles. The van der Waals surface area contributed by atoms with Gasteiger partial charge < -0.3 is 14.8 Å². The van der Waals surface area contributed by atoms with Crippen LogP contribution in [0.3, 0.4) is 0 Å². The molecule has 0 spiro atoms. The highest BCUT2D eigenvalue weighted by molar-refractivity contribution is 9.10. The summed E-state index contributed by atoms with van der Waals surface area (Å²) in [5, 5.41) is 4.63. The molecule has 4 nitrogen and oxygen atoms in total. The zero-order valence-corrected chi connectivity index (χ0v) is 13.6. The van der Waals surface area contributed by atoms with Gasteiger partial charge in [0.05, 0.1) is 24.8 Å². The van der Waals surface area contributed by atoms with Gasteiger partial charge in [-0.05, 0) is 37.6 Å². The average molecular weight is 351 g/mol. The highest BCUT2D eigenvalue weighted by Crippen LogP contribution is 2.25. The van der Waals surface area contributed by atoms with Gasteiger partial charge in [-0.3, -0.25) is 4.98 Å². The van der Waals surface area contributed by atoms with Crippen molar-refractivity contribution in [1.29, 1.82) is 0 Å². The molecule has 2 atom stereocenters. The molecule has 5 heteroatoms. The molecular weight excluding hydrogens is 332 g/mol. The highest BCUT2D eigenvalue weighted by Gasteiger charge is 2.17. The number of nitrogens with one attached hydrogen (secondary N) is 1. The number of hydrogen-bond acceptors (Lipinski definition) is 4. The minimum absolute atomic E-state index is 0.236. The van der Waals surface area contributed by atoms with Crippen molar-refractivity contribution in [3.05, 3.63) is 34.9 Å². The van der Waals surface area contributed by atoms with Gasteiger partial charge in [-0.15, -0.1) is 0 Å². The van der Waals surface area contributed by atoms with Crippen LogP contribution in [0.4, 0.5) is 5.69 Å². The van der Waals surface area contributed by atoms with Crippen molar-refractivity contribution in [2.75, 3.05) is 25.1 Å². The topological polar surface area (TPSA) is 43.4 Å². The summed E-state index contributed by atoms with van der Waals surface area (Å²) in [5.74, 6) is 0. The van der Waals surface area contributed by atoms with Gasteiger partial charge in [-0.2, -0.15) is 0 Å². The second kappa shape index (κ2) is 6.73. The Hall–Kier alpha value is -1.17. The number of fused-ring (bicyclic) bond motifs is 1. The number of aromatic nitrogens is 1. The highest BCUT2D eigenvalue weighted by atomic mass is 79.9. The molecule has 3 rings (SSSR count). The Morgan fingerprint density at radius 2 is 2.38 bits per heavy atom. The van der Waals surface area contributed by atoms with E-state index in [2.05, 4.69) is 39.2 Å². The van der Waals surface area contributed by atoms with Crippen LogP contribution in [0.1, 0.15) is 13.3 Å². The minimum Gasteiger partial charge on any atom is -0.380 e. The van der Waals surface area contributed by atoms with Crippen LogP contribution in [0.25, 0.3) is 10.9 Å². The Morgan fingerprint density at radius 1 is 1.48 bits per heavy atom. The van der Waals surface area contributed by atoms with Crippen molar-refractivity contribution < 1.29 is 9.47 Å². The van der Waals surface area contributed by atoms with E-state index in [4.69, 9.17) is 9.47 Å². The predicted octanol–water partition coefficient (Wildman–Crippen LogP) is 3.60. The lowest BCUT2D eigenvalue weighted by molar-refractivity contribution is 0.0395. The van der Waals surface area contributed by atoms with Gasteiger partial charge in [-0.1, -0.05) is 15.9 Å². The van der Waals surface area contributed by atoms with Gasteiger partial charge in [0.25, 0.3) is 0 Å². The Balaban J connectivity index is 1.66. The molecule has 0 aliphatic carbocycles. The lowest BCUT2D eigenvalue weighted by Gasteiger charge is -2.19. The van der Waals surface area contributed by atoms with E-state index < -0.39 is 0 Å². The second-order valence-electron chi connectivity index (χ2n) is 5.38.